The summed E-state index contributed by atoms with van der Waals surface area (Å²) in [4.78, 5) is 0. The van der Waals surface area contributed by atoms with Gasteiger partial charge >= 0.3 is 0 Å². The van der Waals surface area contributed by atoms with E-state index in [0.717, 1.165) is 19.4 Å². The maximum absolute atomic E-state index is 5.56. The lowest BCUT2D eigenvalue weighted by Crippen LogP contribution is -2.29. The minimum Gasteiger partial charge on any atom is -0.328 e. The maximum atomic E-state index is 5.56. The fourth-order valence-electron chi connectivity index (χ4n) is 0.473. The van der Waals surface area contributed by atoms with Crippen LogP contribution in [0.4, 0.5) is 0 Å². The summed E-state index contributed by atoms with van der Waals surface area (Å²) >= 11 is 0. The summed E-state index contributed by atoms with van der Waals surface area (Å²) in [5.41, 5.74) is 8.12. The van der Waals surface area contributed by atoms with Crippen LogP contribution in [0.25, 0.3) is 0 Å². The summed E-state index contributed by atoms with van der Waals surface area (Å²) in [6, 6.07) is 0.311. The van der Waals surface area contributed by atoms with Crippen molar-refractivity contribution in [1.29, 1.82) is 0 Å². The zero-order valence-electron chi connectivity index (χ0n) is 5.35. The van der Waals surface area contributed by atoms with Crippen molar-refractivity contribution in [1.82, 2.24) is 5.43 Å². The molecule has 0 aliphatic carbocycles. The molecule has 0 aliphatic rings. The highest BCUT2D eigenvalue weighted by atomic mass is 15.2. The number of hydrogen-bond acceptors (Lipinski definition) is 3. The summed E-state index contributed by atoms with van der Waals surface area (Å²) in [6.45, 7) is 2.89. The second-order valence-electron chi connectivity index (χ2n) is 1.91. The summed E-state index contributed by atoms with van der Waals surface area (Å²) in [7, 11) is 0. The van der Waals surface area contributed by atoms with Crippen molar-refractivity contribution in [3.8, 4) is 0 Å². The Kier molecular flexibility index (Phi) is 4.95. The molecular formula is C5H15N3. The van der Waals surface area contributed by atoms with Gasteiger partial charge in [0.15, 0.2) is 0 Å². The van der Waals surface area contributed by atoms with Crippen LogP contribution in [-0.2, 0) is 0 Å². The minimum absolute atomic E-state index is 0.311. The van der Waals surface area contributed by atoms with E-state index in [2.05, 4.69) is 12.3 Å². The Bertz CT molecular complexity index is 46.9. The molecular weight excluding hydrogens is 102 g/mol. The third-order valence-corrected chi connectivity index (χ3v) is 1.18. The van der Waals surface area contributed by atoms with Gasteiger partial charge in [-0.3, -0.25) is 11.3 Å². The van der Waals surface area contributed by atoms with E-state index >= 15 is 0 Å². The fourth-order valence-corrected chi connectivity index (χ4v) is 0.473. The summed E-state index contributed by atoms with van der Waals surface area (Å²) in [5, 5.41) is 0. The predicted octanol–water partition coefficient (Wildman–Crippen LogP) is -0.423. The Morgan fingerprint density at radius 2 is 2.25 bits per heavy atom. The van der Waals surface area contributed by atoms with Gasteiger partial charge in [0.2, 0.25) is 0 Å². The number of nitrogens with two attached hydrogens (primary N) is 2. The first kappa shape index (κ1) is 7.88. The molecule has 5 N–H and O–H groups in total. The second-order valence-corrected chi connectivity index (χ2v) is 1.91. The van der Waals surface area contributed by atoms with Crippen LogP contribution in [0.5, 0.6) is 0 Å². The number of hydrogen-bond donors (Lipinski definition) is 3. The molecule has 0 amide bonds. The molecule has 0 fully saturated rings. The van der Waals surface area contributed by atoms with Crippen LogP contribution in [-0.4, -0.2) is 12.6 Å². The van der Waals surface area contributed by atoms with Gasteiger partial charge in [0.05, 0.1) is 0 Å². The van der Waals surface area contributed by atoms with Crippen LogP contribution < -0.4 is 17.0 Å². The monoisotopic (exact) mass is 117 g/mol. The van der Waals surface area contributed by atoms with Crippen molar-refractivity contribution in [3.05, 3.63) is 0 Å². The van der Waals surface area contributed by atoms with Gasteiger partial charge in [-0.15, -0.1) is 0 Å². The lowest BCUT2D eigenvalue weighted by molar-refractivity contribution is 0.559. The Labute approximate surface area is 50.4 Å². The van der Waals surface area contributed by atoms with Crippen molar-refractivity contribution >= 4 is 0 Å². The minimum atomic E-state index is 0.311. The first-order valence-corrected chi connectivity index (χ1v) is 3.00. The Morgan fingerprint density at radius 1 is 1.62 bits per heavy atom. The molecule has 0 heterocycles. The van der Waals surface area contributed by atoms with E-state index in [4.69, 9.17) is 11.6 Å². The van der Waals surface area contributed by atoms with E-state index in [-0.39, 0.29) is 0 Å². The molecule has 0 saturated carbocycles. The largest absolute Gasteiger partial charge is 0.328 e. The van der Waals surface area contributed by atoms with Crippen LogP contribution in [0.1, 0.15) is 19.8 Å². The average molecular weight is 117 g/mol. The van der Waals surface area contributed by atoms with Crippen molar-refractivity contribution in [2.75, 3.05) is 6.54 Å². The molecule has 0 radical (unpaired) electrons. The lowest BCUT2D eigenvalue weighted by atomic mass is 10.2. The van der Waals surface area contributed by atoms with Crippen LogP contribution in [0.2, 0.25) is 0 Å². The van der Waals surface area contributed by atoms with E-state index in [1.165, 1.54) is 0 Å². The average Bonchev–Trinajstić information content (AvgIpc) is 1.83. The molecule has 3 heteroatoms. The molecule has 3 nitrogen and oxygen atoms in total. The molecule has 0 aromatic heterocycles. The lowest BCUT2D eigenvalue weighted by Gasteiger charge is -2.05. The summed E-state index contributed by atoms with van der Waals surface area (Å²) in [5.74, 6) is 5.03. The van der Waals surface area contributed by atoms with Gasteiger partial charge in [0, 0.05) is 12.6 Å². The van der Waals surface area contributed by atoms with Gasteiger partial charge in [-0.2, -0.15) is 0 Å². The highest BCUT2D eigenvalue weighted by Gasteiger charge is 1.94. The van der Waals surface area contributed by atoms with E-state index in [1.54, 1.807) is 0 Å². The van der Waals surface area contributed by atoms with Gasteiger partial charge in [0.1, 0.15) is 0 Å². The topological polar surface area (TPSA) is 64.1 Å². The van der Waals surface area contributed by atoms with Gasteiger partial charge in [-0.1, -0.05) is 6.92 Å². The smallest absolute Gasteiger partial charge is 0.0112 e. The van der Waals surface area contributed by atoms with Crippen LogP contribution in [0.15, 0.2) is 0 Å². The second kappa shape index (κ2) is 5.03. The molecule has 0 aromatic rings. The normalized spacial score (nSPS) is 13.9. The van der Waals surface area contributed by atoms with E-state index in [1.807, 2.05) is 0 Å². The van der Waals surface area contributed by atoms with E-state index < -0.39 is 0 Å². The number of nitrogens with one attached hydrogen (secondary N) is 1. The summed E-state index contributed by atoms with van der Waals surface area (Å²) in [6.07, 6.45) is 1.99. The molecule has 0 spiro atoms. The Balaban J connectivity index is 2.86. The first-order chi connectivity index (χ1) is 3.81. The Hall–Kier alpha value is -0.120. The Morgan fingerprint density at radius 3 is 2.62 bits per heavy atom. The van der Waals surface area contributed by atoms with Crippen molar-refractivity contribution in [2.45, 2.75) is 25.8 Å². The van der Waals surface area contributed by atoms with E-state index in [0.29, 0.717) is 6.04 Å². The quantitative estimate of drug-likeness (QED) is 0.346. The molecule has 1 atom stereocenters. The van der Waals surface area contributed by atoms with Crippen LogP contribution >= 0.6 is 0 Å². The van der Waals surface area contributed by atoms with Gasteiger partial charge in [0.25, 0.3) is 0 Å². The zero-order valence-corrected chi connectivity index (χ0v) is 5.35. The molecule has 0 aromatic carbocycles. The molecule has 1 unspecified atom stereocenters. The molecule has 0 saturated heterocycles. The van der Waals surface area contributed by atoms with E-state index in [9.17, 15) is 0 Å². The molecule has 0 aliphatic heterocycles. The van der Waals surface area contributed by atoms with Crippen molar-refractivity contribution in [3.63, 3.8) is 0 Å². The molecule has 50 valence electrons. The van der Waals surface area contributed by atoms with Gasteiger partial charge in [-0.05, 0) is 12.8 Å². The molecule has 0 rings (SSSR count). The maximum Gasteiger partial charge on any atom is 0.0112 e. The van der Waals surface area contributed by atoms with Crippen LogP contribution in [0, 0.1) is 0 Å². The van der Waals surface area contributed by atoms with Crippen molar-refractivity contribution in [2.24, 2.45) is 11.6 Å². The highest BCUT2D eigenvalue weighted by molar-refractivity contribution is 4.57. The van der Waals surface area contributed by atoms with Gasteiger partial charge in [-0.25, -0.2) is 0 Å². The number of hydrazine groups is 1. The third-order valence-electron chi connectivity index (χ3n) is 1.18. The van der Waals surface area contributed by atoms with Crippen LogP contribution in [0.3, 0.4) is 0 Å². The standard InChI is InChI=1S/C5H15N3/c1-2-5(6)3-4-8-7/h5,8H,2-4,6-7H2,1H3. The fraction of sp³-hybridized carbons (Fsp3) is 1.00. The highest BCUT2D eigenvalue weighted by Crippen LogP contribution is 1.89. The van der Waals surface area contributed by atoms with Crippen molar-refractivity contribution < 1.29 is 0 Å². The first-order valence-electron chi connectivity index (χ1n) is 3.00. The zero-order chi connectivity index (χ0) is 6.41. The van der Waals surface area contributed by atoms with Gasteiger partial charge < -0.3 is 5.73 Å². The SMILES string of the molecule is CCC(N)CCNN. The third kappa shape index (κ3) is 4.05. The molecule has 8 heavy (non-hydrogen) atoms. The summed E-state index contributed by atoms with van der Waals surface area (Å²) < 4.78 is 0. The number of rotatable bonds is 4. The molecule has 0 bridgehead atoms. The predicted molar refractivity (Wildman–Crippen MR) is 35.1 cm³/mol.